The molecule has 1 aliphatic rings. The molecule has 0 radical (unpaired) electrons. The number of Topliss-reactive ketones (excluding diaryl/α,β-unsaturated/α-hetero) is 1. The maximum absolute atomic E-state index is 14.3. The standard InChI is InChI=1S/C47H82N10O15S2/c1-9-11-12-13-14-15-28(60)19-34(62)49-21-29(61)18-31(50-35(63)20-48)40(64)52-32(22-58)41(65)53-33-23-74-27(7)39(57-43(67)36(24(3)4)54-45(69)38(26(6)59)56-42(33)66)46(70)55-37(25(5)10-2)44(68)51-30(47(71)72)16-17-73-8/h24-27,29-33,36-39,58-59,61H,9-23,48H2,1-8H3,(H,49,62)(H,50,63)(H,51,68)(H,52,64)(H,53,65)(H,54,69)(H,55,70)(H,56,66)(H,57,67)(H,71,72)/t25-,26-,27?,29-,30-,31-,32-,33-,36-,37?,38+,39-/m0/s1. The second-order valence-corrected chi connectivity index (χ2v) is 21.1. The van der Waals surface area contributed by atoms with Crippen LogP contribution < -0.4 is 53.6 Å². The number of nitrogens with two attached hydrogens (primary N) is 1. The largest absolute Gasteiger partial charge is 0.480 e. The van der Waals surface area contributed by atoms with Gasteiger partial charge in [-0.15, -0.1) is 0 Å². The molecule has 0 aliphatic carbocycles. The summed E-state index contributed by atoms with van der Waals surface area (Å²) < 4.78 is 0. The molecule has 0 bridgehead atoms. The Morgan fingerprint density at radius 2 is 1.41 bits per heavy atom. The Labute approximate surface area is 441 Å². The van der Waals surface area contributed by atoms with Crippen molar-refractivity contribution in [1.82, 2.24) is 47.9 Å². The first kappa shape index (κ1) is 66.9. The molecular formula is C47H82N10O15S2. The van der Waals surface area contributed by atoms with Gasteiger partial charge in [0.25, 0.3) is 0 Å². The van der Waals surface area contributed by atoms with Gasteiger partial charge in [-0.3, -0.25) is 47.9 Å². The number of unbranched alkanes of at least 4 members (excludes halogenated alkanes) is 4. The first-order valence-electron chi connectivity index (χ1n) is 25.1. The van der Waals surface area contributed by atoms with Crippen LogP contribution in [0.5, 0.6) is 0 Å². The van der Waals surface area contributed by atoms with Gasteiger partial charge in [0.05, 0.1) is 31.8 Å². The van der Waals surface area contributed by atoms with Gasteiger partial charge in [0.1, 0.15) is 54.1 Å². The zero-order valence-electron chi connectivity index (χ0n) is 43.8. The van der Waals surface area contributed by atoms with Crippen LogP contribution in [0.25, 0.3) is 0 Å². The lowest BCUT2D eigenvalue weighted by Gasteiger charge is -2.31. The molecule has 0 spiro atoms. The highest BCUT2D eigenvalue weighted by atomic mass is 32.2. The van der Waals surface area contributed by atoms with Crippen molar-refractivity contribution in [2.24, 2.45) is 17.6 Å². The van der Waals surface area contributed by atoms with Crippen LogP contribution in [0, 0.1) is 11.8 Å². The number of aliphatic hydroxyl groups is 3. The second-order valence-electron chi connectivity index (χ2n) is 18.7. The molecule has 15 N–H and O–H groups in total. The van der Waals surface area contributed by atoms with Crippen LogP contribution in [0.1, 0.15) is 113 Å². The van der Waals surface area contributed by atoms with Crippen LogP contribution in [0.2, 0.25) is 0 Å². The third-order valence-electron chi connectivity index (χ3n) is 12.1. The summed E-state index contributed by atoms with van der Waals surface area (Å²) in [5.74, 6) is -11.2. The van der Waals surface area contributed by atoms with Gasteiger partial charge in [0.2, 0.25) is 53.2 Å². The van der Waals surface area contributed by atoms with E-state index in [4.69, 9.17) is 5.73 Å². The minimum absolute atomic E-state index is 0.0926. The normalized spacial score (nSPS) is 21.4. The van der Waals surface area contributed by atoms with Gasteiger partial charge in [-0.1, -0.05) is 73.6 Å². The SMILES string of the molecule is CCCCCCCC(=O)CC(=O)NC[C@@H](O)C[C@H](NC(=O)CN)C(=O)N[C@@H](CO)C(=O)N[C@H]1CSC(C)[C@@H](C(=O)NC(C(=O)N[C@@H](CCSC)C(=O)O)[C@@H](C)CC)NC(=O)[C@H](C(C)C)NC(=O)[C@@H]([C@H](C)O)NC1=O. The van der Waals surface area contributed by atoms with E-state index in [0.29, 0.717) is 18.6 Å². The smallest absolute Gasteiger partial charge is 0.326 e. The Balaban J connectivity index is 3.50. The highest BCUT2D eigenvalue weighted by molar-refractivity contribution is 8.00. The summed E-state index contributed by atoms with van der Waals surface area (Å²) in [6.45, 7) is 9.21. The first-order valence-corrected chi connectivity index (χ1v) is 27.5. The number of aliphatic hydroxyl groups excluding tert-OH is 3. The van der Waals surface area contributed by atoms with Crippen LogP contribution >= 0.6 is 23.5 Å². The van der Waals surface area contributed by atoms with Gasteiger partial charge in [-0.25, -0.2) is 4.79 Å². The van der Waals surface area contributed by atoms with E-state index in [1.165, 1.54) is 25.6 Å². The number of rotatable bonds is 31. The van der Waals surface area contributed by atoms with Crippen molar-refractivity contribution in [3.63, 3.8) is 0 Å². The van der Waals surface area contributed by atoms with Crippen LogP contribution in [0.4, 0.5) is 0 Å². The van der Waals surface area contributed by atoms with E-state index in [0.717, 1.165) is 37.4 Å². The van der Waals surface area contributed by atoms with Gasteiger partial charge in [-0.05, 0) is 43.6 Å². The molecule has 0 aromatic heterocycles. The van der Waals surface area contributed by atoms with Crippen molar-refractivity contribution >= 4 is 88.4 Å². The zero-order valence-corrected chi connectivity index (χ0v) is 45.4. The molecule has 0 saturated carbocycles. The molecule has 422 valence electrons. The van der Waals surface area contributed by atoms with E-state index in [1.54, 1.807) is 34.0 Å². The number of hydrogen-bond donors (Lipinski definition) is 14. The number of amides is 9. The Kier molecular flexibility index (Phi) is 31.9. The van der Waals surface area contributed by atoms with Crippen molar-refractivity contribution < 1.29 is 73.2 Å². The Bertz CT molecular complexity index is 1900. The Morgan fingerprint density at radius 3 is 1.97 bits per heavy atom. The quantitative estimate of drug-likeness (QED) is 0.0244. The van der Waals surface area contributed by atoms with E-state index >= 15 is 0 Å². The van der Waals surface area contributed by atoms with Gasteiger partial charge in [0.15, 0.2) is 0 Å². The highest BCUT2D eigenvalue weighted by Gasteiger charge is 2.40. The fourth-order valence-corrected chi connectivity index (χ4v) is 8.96. The molecule has 27 heteroatoms. The average molecular weight is 1090 g/mol. The number of aliphatic carboxylic acids is 1. The molecule has 1 fully saturated rings. The third kappa shape index (κ3) is 24.1. The lowest BCUT2D eigenvalue weighted by atomic mass is 9.97. The number of hydrogen-bond acceptors (Lipinski definition) is 17. The zero-order chi connectivity index (χ0) is 56.2. The number of thioether (sulfide) groups is 2. The van der Waals surface area contributed by atoms with Crippen LogP contribution in [0.15, 0.2) is 0 Å². The molecule has 1 rings (SSSR count). The predicted molar refractivity (Wildman–Crippen MR) is 277 cm³/mol. The number of nitrogens with one attached hydrogen (secondary N) is 9. The molecule has 9 amide bonds. The summed E-state index contributed by atoms with van der Waals surface area (Å²) >= 11 is 2.24. The van der Waals surface area contributed by atoms with Gasteiger partial charge in [-0.2, -0.15) is 23.5 Å². The summed E-state index contributed by atoms with van der Waals surface area (Å²) in [7, 11) is 0. The maximum atomic E-state index is 14.3. The van der Waals surface area contributed by atoms with E-state index in [1.807, 2.05) is 0 Å². The van der Waals surface area contributed by atoms with Crippen molar-refractivity contribution in [3.8, 4) is 0 Å². The molecular weight excluding hydrogens is 1010 g/mol. The van der Waals surface area contributed by atoms with E-state index in [-0.39, 0.29) is 18.6 Å². The molecule has 74 heavy (non-hydrogen) atoms. The fraction of sp³-hybridized carbons (Fsp3) is 0.766. The number of carbonyl (C=O) groups is 11. The topological polar surface area (TPSA) is 403 Å². The summed E-state index contributed by atoms with van der Waals surface area (Å²) in [6.07, 6.45) is 2.94. The lowest BCUT2D eigenvalue weighted by Crippen LogP contribution is -2.63. The van der Waals surface area contributed by atoms with Crippen molar-refractivity contribution in [2.75, 3.05) is 37.5 Å². The monoisotopic (exact) mass is 1090 g/mol. The number of ketones is 1. The summed E-state index contributed by atoms with van der Waals surface area (Å²) in [6, 6.07) is -12.2. The Hall–Kier alpha value is -5.09. The molecule has 25 nitrogen and oxygen atoms in total. The summed E-state index contributed by atoms with van der Waals surface area (Å²) in [5.41, 5.74) is 5.45. The average Bonchev–Trinajstić information content (AvgIpc) is 3.35. The lowest BCUT2D eigenvalue weighted by molar-refractivity contribution is -0.142. The molecule has 0 aromatic rings. The predicted octanol–water partition coefficient (Wildman–Crippen LogP) is -2.94. The minimum atomic E-state index is -1.84. The maximum Gasteiger partial charge on any atom is 0.326 e. The fourth-order valence-electron chi connectivity index (χ4n) is 7.37. The molecule has 1 saturated heterocycles. The second kappa shape index (κ2) is 35.2. The highest BCUT2D eigenvalue weighted by Crippen LogP contribution is 2.20. The number of carbonyl (C=O) groups excluding carboxylic acids is 10. The van der Waals surface area contributed by atoms with Crippen LogP contribution in [-0.2, 0) is 52.7 Å². The van der Waals surface area contributed by atoms with Crippen molar-refractivity contribution in [3.05, 3.63) is 0 Å². The molecule has 1 heterocycles. The summed E-state index contributed by atoms with van der Waals surface area (Å²) in [5, 5.41) is 62.6. The first-order chi connectivity index (χ1) is 34.8. The minimum Gasteiger partial charge on any atom is -0.480 e. The van der Waals surface area contributed by atoms with Gasteiger partial charge >= 0.3 is 5.97 Å². The van der Waals surface area contributed by atoms with E-state index < -0.39 is 175 Å². The van der Waals surface area contributed by atoms with E-state index in [9.17, 15) is 73.2 Å². The molecule has 1 aliphatic heterocycles. The third-order valence-corrected chi connectivity index (χ3v) is 14.1. The number of carboxylic acids is 1. The van der Waals surface area contributed by atoms with Crippen molar-refractivity contribution in [1.29, 1.82) is 0 Å². The molecule has 0 aromatic carbocycles. The van der Waals surface area contributed by atoms with Crippen molar-refractivity contribution in [2.45, 2.75) is 178 Å². The Morgan fingerprint density at radius 1 is 0.784 bits per heavy atom. The van der Waals surface area contributed by atoms with Gasteiger partial charge < -0.3 is 74.0 Å². The van der Waals surface area contributed by atoms with Crippen LogP contribution in [-0.4, -0.2) is 189 Å². The van der Waals surface area contributed by atoms with E-state index in [2.05, 4.69) is 54.8 Å². The molecule has 2 unspecified atom stereocenters. The summed E-state index contributed by atoms with van der Waals surface area (Å²) in [4.78, 5) is 146. The van der Waals surface area contributed by atoms with Gasteiger partial charge in [0, 0.05) is 30.4 Å². The van der Waals surface area contributed by atoms with Crippen LogP contribution in [0.3, 0.4) is 0 Å². The number of carboxylic acid groups (broad SMARTS) is 1. The molecule has 12 atom stereocenters.